The number of nitrogens with zero attached hydrogens (tertiary/aromatic N) is 1. The fraction of sp³-hybridized carbons (Fsp3) is 0.556. The smallest absolute Gasteiger partial charge is 0.248 e. The van der Waals surface area contributed by atoms with E-state index < -0.39 is 0 Å². The van der Waals surface area contributed by atoms with Crippen LogP contribution in [0.5, 0.6) is 0 Å². The molecule has 0 aliphatic carbocycles. The van der Waals surface area contributed by atoms with Gasteiger partial charge in [0.2, 0.25) is 11.8 Å². The summed E-state index contributed by atoms with van der Waals surface area (Å²) in [5, 5.41) is 3.11. The lowest BCUT2D eigenvalue weighted by Gasteiger charge is -2.30. The quantitative estimate of drug-likeness (QED) is 0.921. The highest BCUT2D eigenvalue weighted by atomic mass is 32.2. The van der Waals surface area contributed by atoms with Crippen LogP contribution in [0.1, 0.15) is 50.7 Å². The summed E-state index contributed by atoms with van der Waals surface area (Å²) in [4.78, 5) is 26.7. The zero-order valence-electron chi connectivity index (χ0n) is 14.2. The molecule has 2 heterocycles. The zero-order chi connectivity index (χ0) is 16.8. The highest BCUT2D eigenvalue weighted by molar-refractivity contribution is 8.01. The molecule has 4 nitrogen and oxygen atoms in total. The molecule has 2 aliphatic heterocycles. The summed E-state index contributed by atoms with van der Waals surface area (Å²) >= 11 is 1.72. The van der Waals surface area contributed by atoms with Gasteiger partial charge in [-0.3, -0.25) is 9.59 Å². The van der Waals surface area contributed by atoms with Crippen molar-refractivity contribution in [3.8, 4) is 0 Å². The fourth-order valence-electron chi connectivity index (χ4n) is 3.56. The number of nitrogens with one attached hydrogen (secondary N) is 1. The van der Waals surface area contributed by atoms with Crippen molar-refractivity contribution in [1.29, 1.82) is 0 Å². The number of aryl methyl sites for hydroxylation is 1. The van der Waals surface area contributed by atoms with E-state index in [4.69, 9.17) is 0 Å². The number of hydrogen-bond acceptors (Lipinski definition) is 3. The number of para-hydroxylation sites is 1. The van der Waals surface area contributed by atoms with Crippen molar-refractivity contribution >= 4 is 29.3 Å². The second kappa shape index (κ2) is 5.86. The van der Waals surface area contributed by atoms with E-state index in [0.29, 0.717) is 18.1 Å². The van der Waals surface area contributed by atoms with Gasteiger partial charge in [-0.1, -0.05) is 32.0 Å². The molecule has 3 rings (SSSR count). The fourth-order valence-corrected chi connectivity index (χ4v) is 5.00. The van der Waals surface area contributed by atoms with Crippen LogP contribution in [0.4, 0.5) is 5.69 Å². The number of rotatable bonds is 3. The normalized spacial score (nSPS) is 26.7. The molecular formula is C18H24N2O2S. The molecule has 5 heteroatoms. The van der Waals surface area contributed by atoms with Crippen LogP contribution in [0.25, 0.3) is 0 Å². The first-order valence-electron chi connectivity index (χ1n) is 8.20. The maximum atomic E-state index is 12.9. The molecule has 0 saturated carbocycles. The number of anilines is 1. The van der Waals surface area contributed by atoms with Crippen LogP contribution >= 0.6 is 11.8 Å². The van der Waals surface area contributed by atoms with Gasteiger partial charge in [0.25, 0.3) is 0 Å². The Morgan fingerprint density at radius 3 is 2.87 bits per heavy atom. The lowest BCUT2D eigenvalue weighted by Crippen LogP contribution is -2.48. The van der Waals surface area contributed by atoms with Gasteiger partial charge in [0.15, 0.2) is 0 Å². The predicted molar refractivity (Wildman–Crippen MR) is 94.6 cm³/mol. The van der Waals surface area contributed by atoms with Crippen LogP contribution in [-0.2, 0) is 9.59 Å². The summed E-state index contributed by atoms with van der Waals surface area (Å²) in [6.07, 6.45) is 1.39. The number of amides is 2. The Bertz CT molecular complexity index is 658. The SMILES string of the molecule is Cc1cccc(C(C)C)c1NC(=O)C1CSC2(C)CCC(=O)N12. The van der Waals surface area contributed by atoms with E-state index in [0.717, 1.165) is 23.2 Å². The Labute approximate surface area is 142 Å². The third-order valence-electron chi connectivity index (χ3n) is 4.92. The predicted octanol–water partition coefficient (Wildman–Crippen LogP) is 3.51. The third kappa shape index (κ3) is 2.75. The lowest BCUT2D eigenvalue weighted by molar-refractivity contribution is -0.135. The first kappa shape index (κ1) is 16.4. The summed E-state index contributed by atoms with van der Waals surface area (Å²) < 4.78 is 0. The standard InChI is InChI=1S/C18H24N2O2S/c1-11(2)13-7-5-6-12(3)16(13)19-17(22)14-10-23-18(4)9-8-15(21)20(14)18/h5-7,11,14H,8-10H2,1-4H3,(H,19,22). The van der Waals surface area contributed by atoms with Crippen LogP contribution in [-0.4, -0.2) is 33.4 Å². The van der Waals surface area contributed by atoms with Crippen LogP contribution < -0.4 is 5.32 Å². The number of carbonyl (C=O) groups excluding carboxylic acids is 2. The Balaban J connectivity index is 1.85. The third-order valence-corrected chi connectivity index (χ3v) is 6.43. The van der Waals surface area contributed by atoms with Crippen molar-refractivity contribution in [3.05, 3.63) is 29.3 Å². The average Bonchev–Trinajstić information content (AvgIpc) is 2.98. The van der Waals surface area contributed by atoms with Gasteiger partial charge in [0, 0.05) is 17.9 Å². The molecule has 2 atom stereocenters. The molecule has 124 valence electrons. The van der Waals surface area contributed by atoms with E-state index in [1.807, 2.05) is 19.1 Å². The van der Waals surface area contributed by atoms with Crippen molar-refractivity contribution < 1.29 is 9.59 Å². The molecule has 0 aromatic heterocycles. The summed E-state index contributed by atoms with van der Waals surface area (Å²) in [7, 11) is 0. The number of benzene rings is 1. The minimum atomic E-state index is -0.361. The van der Waals surface area contributed by atoms with Gasteiger partial charge in [-0.15, -0.1) is 11.8 Å². The first-order chi connectivity index (χ1) is 10.8. The molecule has 23 heavy (non-hydrogen) atoms. The average molecular weight is 332 g/mol. The number of carbonyl (C=O) groups is 2. The topological polar surface area (TPSA) is 49.4 Å². The molecule has 0 spiro atoms. The van der Waals surface area contributed by atoms with Gasteiger partial charge >= 0.3 is 0 Å². The molecule has 2 amide bonds. The minimum absolute atomic E-state index is 0.0623. The zero-order valence-corrected chi connectivity index (χ0v) is 15.0. The monoisotopic (exact) mass is 332 g/mol. The number of thioether (sulfide) groups is 1. The summed E-state index contributed by atoms with van der Waals surface area (Å²) in [6, 6.07) is 5.73. The van der Waals surface area contributed by atoms with E-state index in [9.17, 15) is 9.59 Å². The minimum Gasteiger partial charge on any atom is -0.324 e. The van der Waals surface area contributed by atoms with Gasteiger partial charge in [-0.2, -0.15) is 0 Å². The van der Waals surface area contributed by atoms with Gasteiger partial charge in [-0.25, -0.2) is 0 Å². The molecule has 2 fully saturated rings. The van der Waals surface area contributed by atoms with Crippen LogP contribution in [0, 0.1) is 6.92 Å². The molecule has 1 N–H and O–H groups in total. The molecular weight excluding hydrogens is 308 g/mol. The van der Waals surface area contributed by atoms with Crippen LogP contribution in [0.15, 0.2) is 18.2 Å². The van der Waals surface area contributed by atoms with Crippen molar-refractivity contribution in [2.45, 2.75) is 57.4 Å². The van der Waals surface area contributed by atoms with E-state index in [1.165, 1.54) is 0 Å². The van der Waals surface area contributed by atoms with E-state index in [2.05, 4.69) is 32.2 Å². The summed E-state index contributed by atoms with van der Waals surface area (Å²) in [5.74, 6) is 1.05. The van der Waals surface area contributed by atoms with Crippen LogP contribution in [0.2, 0.25) is 0 Å². The number of fused-ring (bicyclic) bond motifs is 1. The highest BCUT2D eigenvalue weighted by Gasteiger charge is 2.52. The summed E-state index contributed by atoms with van der Waals surface area (Å²) in [5.41, 5.74) is 3.10. The molecule has 1 aromatic carbocycles. The van der Waals surface area contributed by atoms with Crippen LogP contribution in [0.3, 0.4) is 0 Å². The van der Waals surface area contributed by atoms with Gasteiger partial charge < -0.3 is 10.2 Å². The lowest BCUT2D eigenvalue weighted by atomic mass is 9.98. The second-order valence-electron chi connectivity index (χ2n) is 6.95. The van der Waals surface area contributed by atoms with Crippen molar-refractivity contribution in [2.75, 3.05) is 11.1 Å². The second-order valence-corrected chi connectivity index (χ2v) is 8.45. The molecule has 2 aliphatic rings. The molecule has 0 bridgehead atoms. The summed E-state index contributed by atoms with van der Waals surface area (Å²) in [6.45, 7) is 8.33. The van der Waals surface area contributed by atoms with Crippen molar-refractivity contribution in [2.24, 2.45) is 0 Å². The maximum absolute atomic E-state index is 12.9. The van der Waals surface area contributed by atoms with E-state index in [1.54, 1.807) is 16.7 Å². The Morgan fingerprint density at radius 1 is 1.43 bits per heavy atom. The Morgan fingerprint density at radius 2 is 2.17 bits per heavy atom. The molecule has 2 unspecified atom stereocenters. The Hall–Kier alpha value is -1.49. The maximum Gasteiger partial charge on any atom is 0.248 e. The number of hydrogen-bond donors (Lipinski definition) is 1. The molecule has 2 saturated heterocycles. The first-order valence-corrected chi connectivity index (χ1v) is 9.18. The highest BCUT2D eigenvalue weighted by Crippen LogP contribution is 2.47. The van der Waals surface area contributed by atoms with Crippen molar-refractivity contribution in [3.63, 3.8) is 0 Å². The molecule has 1 aromatic rings. The van der Waals surface area contributed by atoms with E-state index in [-0.39, 0.29) is 22.7 Å². The molecule has 0 radical (unpaired) electrons. The van der Waals surface area contributed by atoms with Crippen molar-refractivity contribution in [1.82, 2.24) is 4.90 Å². The Kier molecular flexibility index (Phi) is 4.17. The van der Waals surface area contributed by atoms with Gasteiger partial charge in [-0.05, 0) is 37.3 Å². The van der Waals surface area contributed by atoms with Gasteiger partial charge in [0.05, 0.1) is 4.87 Å². The van der Waals surface area contributed by atoms with Gasteiger partial charge in [0.1, 0.15) is 6.04 Å². The van der Waals surface area contributed by atoms with E-state index >= 15 is 0 Å². The largest absolute Gasteiger partial charge is 0.324 e.